The SMILES string of the molecule is Cc1noc(C)c1-c1cc(CN)c2[nH]c(=O)n3c2c1OC[C@@H]3c1ccccn1.O=C(O)C(F)(F)F.O=C(O)C(F)(F)F. The number of halogens is 6. The molecule has 1 aliphatic heterocycles. The summed E-state index contributed by atoms with van der Waals surface area (Å²) in [5.41, 5.74) is 11.2. The third kappa shape index (κ3) is 6.54. The van der Waals surface area contributed by atoms with Gasteiger partial charge in [-0.1, -0.05) is 11.2 Å². The number of nitrogens with two attached hydrogens (primary N) is 1. The first-order chi connectivity index (χ1) is 19.5. The van der Waals surface area contributed by atoms with Gasteiger partial charge in [-0.15, -0.1) is 0 Å². The number of hydrogen-bond acceptors (Lipinski definition) is 8. The van der Waals surface area contributed by atoms with Crippen LogP contribution in [-0.4, -0.2) is 60.8 Å². The molecule has 0 aliphatic carbocycles. The lowest BCUT2D eigenvalue weighted by molar-refractivity contribution is -0.193. The number of carboxylic acid groups (broad SMARTS) is 2. The van der Waals surface area contributed by atoms with Crippen LogP contribution in [0.3, 0.4) is 0 Å². The number of alkyl halides is 6. The fraction of sp³-hybridized carbons (Fsp3) is 0.292. The van der Waals surface area contributed by atoms with E-state index >= 15 is 0 Å². The molecule has 0 radical (unpaired) electrons. The second-order valence-corrected chi connectivity index (χ2v) is 8.53. The van der Waals surface area contributed by atoms with Gasteiger partial charge in [0.05, 0.1) is 22.5 Å². The van der Waals surface area contributed by atoms with Crippen LogP contribution in [0.1, 0.15) is 28.8 Å². The summed E-state index contributed by atoms with van der Waals surface area (Å²) in [5, 5.41) is 18.3. The predicted molar refractivity (Wildman–Crippen MR) is 131 cm³/mol. The molecule has 0 spiro atoms. The van der Waals surface area contributed by atoms with Crippen molar-refractivity contribution in [3.05, 3.63) is 63.7 Å². The first-order valence-electron chi connectivity index (χ1n) is 11.6. The van der Waals surface area contributed by atoms with E-state index in [9.17, 15) is 31.1 Å². The van der Waals surface area contributed by atoms with Crippen molar-refractivity contribution in [2.45, 2.75) is 38.8 Å². The number of rotatable bonds is 3. The molecule has 226 valence electrons. The highest BCUT2D eigenvalue weighted by Crippen LogP contribution is 2.44. The summed E-state index contributed by atoms with van der Waals surface area (Å²) < 4.78 is 76.8. The van der Waals surface area contributed by atoms with E-state index in [1.165, 1.54) is 0 Å². The minimum absolute atomic E-state index is 0.208. The molecular weight excluding hydrogens is 584 g/mol. The van der Waals surface area contributed by atoms with Gasteiger partial charge in [-0.3, -0.25) is 9.55 Å². The number of hydrogen-bond donors (Lipinski definition) is 4. The maximum Gasteiger partial charge on any atom is 0.490 e. The summed E-state index contributed by atoms with van der Waals surface area (Å²) in [6.45, 7) is 4.32. The van der Waals surface area contributed by atoms with Gasteiger partial charge in [0.1, 0.15) is 23.9 Å². The normalized spacial score (nSPS) is 14.3. The molecule has 18 heteroatoms. The standard InChI is InChI=1S/C20H19N5O3.2C2HF3O2/c1-10-16(11(2)28-24-10)13-7-12(8-21)17-18-19(13)27-9-15(25(18)20(26)23-17)14-5-3-4-6-22-14;2*3-2(4,5)1(6)7/h3-7,15H,8-9,21H2,1-2H3,(H,23,26);2*(H,6,7)/t15-;;/m1../s1. The van der Waals surface area contributed by atoms with Crippen molar-refractivity contribution in [1.82, 2.24) is 19.7 Å². The van der Waals surface area contributed by atoms with Gasteiger partial charge in [0.25, 0.3) is 0 Å². The number of imidazole rings is 1. The molecule has 0 fully saturated rings. The third-order valence-corrected chi connectivity index (χ3v) is 5.76. The molecule has 0 saturated carbocycles. The molecule has 12 nitrogen and oxygen atoms in total. The molecule has 0 bridgehead atoms. The van der Waals surface area contributed by atoms with Crippen molar-refractivity contribution in [3.8, 4) is 16.9 Å². The quantitative estimate of drug-likeness (QED) is 0.251. The monoisotopic (exact) mass is 605 g/mol. The number of ether oxygens (including phenoxy) is 1. The summed E-state index contributed by atoms with van der Waals surface area (Å²) in [7, 11) is 0. The van der Waals surface area contributed by atoms with Crippen molar-refractivity contribution < 1.29 is 55.4 Å². The van der Waals surface area contributed by atoms with Crippen LogP contribution in [0, 0.1) is 13.8 Å². The molecule has 1 aliphatic rings. The van der Waals surface area contributed by atoms with Crippen LogP contribution in [0.25, 0.3) is 22.2 Å². The van der Waals surface area contributed by atoms with E-state index in [2.05, 4.69) is 15.1 Å². The molecule has 0 amide bonds. The van der Waals surface area contributed by atoms with Crippen LogP contribution in [0.4, 0.5) is 26.3 Å². The number of carbonyl (C=O) groups is 2. The minimum Gasteiger partial charge on any atom is -0.488 e. The van der Waals surface area contributed by atoms with E-state index in [-0.39, 0.29) is 18.3 Å². The van der Waals surface area contributed by atoms with Gasteiger partial charge < -0.3 is 30.2 Å². The molecule has 5 rings (SSSR count). The highest BCUT2D eigenvalue weighted by molar-refractivity contribution is 5.94. The Morgan fingerprint density at radius 1 is 1.12 bits per heavy atom. The Balaban J connectivity index is 0.000000289. The van der Waals surface area contributed by atoms with Gasteiger partial charge in [0.2, 0.25) is 0 Å². The largest absolute Gasteiger partial charge is 0.490 e. The molecule has 0 unspecified atom stereocenters. The molecule has 5 N–H and O–H groups in total. The molecule has 0 saturated heterocycles. The summed E-state index contributed by atoms with van der Waals surface area (Å²) in [4.78, 5) is 38.1. The summed E-state index contributed by atoms with van der Waals surface area (Å²) in [5.74, 6) is -4.19. The van der Waals surface area contributed by atoms with E-state index in [1.54, 1.807) is 10.8 Å². The number of H-pyrrole nitrogens is 1. The van der Waals surface area contributed by atoms with E-state index in [1.807, 2.05) is 38.1 Å². The van der Waals surface area contributed by atoms with Crippen LogP contribution >= 0.6 is 0 Å². The molecule has 42 heavy (non-hydrogen) atoms. The lowest BCUT2D eigenvalue weighted by atomic mass is 9.97. The summed E-state index contributed by atoms with van der Waals surface area (Å²) in [6.07, 6.45) is -8.45. The maximum absolute atomic E-state index is 12.9. The number of aliphatic carboxylic acids is 2. The Labute approximate surface area is 230 Å². The fourth-order valence-electron chi connectivity index (χ4n) is 4.03. The molecule has 1 atom stereocenters. The second kappa shape index (κ2) is 11.9. The van der Waals surface area contributed by atoms with Crippen molar-refractivity contribution in [1.29, 1.82) is 0 Å². The first kappa shape index (κ1) is 31.7. The number of pyridine rings is 1. The zero-order valence-corrected chi connectivity index (χ0v) is 21.5. The Kier molecular flexibility index (Phi) is 8.99. The number of aromatic amines is 1. The zero-order valence-electron chi connectivity index (χ0n) is 21.5. The number of nitrogens with zero attached hydrogens (tertiary/aromatic N) is 3. The Morgan fingerprint density at radius 2 is 1.71 bits per heavy atom. The van der Waals surface area contributed by atoms with Crippen LogP contribution in [0.2, 0.25) is 0 Å². The van der Waals surface area contributed by atoms with Crippen LogP contribution < -0.4 is 16.2 Å². The van der Waals surface area contributed by atoms with Crippen molar-refractivity contribution >= 4 is 23.0 Å². The first-order valence-corrected chi connectivity index (χ1v) is 11.6. The van der Waals surface area contributed by atoms with Crippen LogP contribution in [0.5, 0.6) is 5.75 Å². The van der Waals surface area contributed by atoms with Crippen LogP contribution in [-0.2, 0) is 16.1 Å². The topological polar surface area (TPSA) is 187 Å². The average molecular weight is 605 g/mol. The van der Waals surface area contributed by atoms with E-state index < -0.39 is 24.3 Å². The molecule has 1 aromatic carbocycles. The highest BCUT2D eigenvalue weighted by atomic mass is 19.4. The third-order valence-electron chi connectivity index (χ3n) is 5.76. The molecular formula is C24H21F6N5O7. The Hall–Kier alpha value is -4.87. The van der Waals surface area contributed by atoms with Gasteiger partial charge in [-0.2, -0.15) is 26.3 Å². The lowest BCUT2D eigenvalue weighted by Gasteiger charge is -2.26. The molecule has 3 aromatic heterocycles. The number of benzene rings is 1. The fourth-order valence-corrected chi connectivity index (χ4v) is 4.03. The number of carboxylic acids is 2. The smallest absolute Gasteiger partial charge is 0.488 e. The lowest BCUT2D eigenvalue weighted by Crippen LogP contribution is -2.31. The predicted octanol–water partition coefficient (Wildman–Crippen LogP) is 3.70. The number of aromatic nitrogens is 4. The number of aryl methyl sites for hydroxylation is 2. The minimum atomic E-state index is -5.08. The van der Waals surface area contributed by atoms with E-state index in [0.29, 0.717) is 29.2 Å². The Bertz CT molecular complexity index is 1620. The van der Waals surface area contributed by atoms with Gasteiger partial charge in [0.15, 0.2) is 5.75 Å². The van der Waals surface area contributed by atoms with Crippen LogP contribution in [0.15, 0.2) is 39.8 Å². The highest BCUT2D eigenvalue weighted by Gasteiger charge is 2.39. The Morgan fingerprint density at radius 3 is 2.17 bits per heavy atom. The van der Waals surface area contributed by atoms with Crippen molar-refractivity contribution in [2.75, 3.05) is 6.61 Å². The summed E-state index contributed by atoms with van der Waals surface area (Å²) in [6, 6.07) is 7.27. The summed E-state index contributed by atoms with van der Waals surface area (Å²) >= 11 is 0. The van der Waals surface area contributed by atoms with Crippen molar-refractivity contribution in [2.24, 2.45) is 5.73 Å². The number of nitrogens with one attached hydrogen (secondary N) is 1. The van der Waals surface area contributed by atoms with Gasteiger partial charge in [-0.25, -0.2) is 14.4 Å². The molecule has 4 heterocycles. The van der Waals surface area contributed by atoms with Gasteiger partial charge >= 0.3 is 30.0 Å². The van der Waals surface area contributed by atoms with E-state index in [4.69, 9.17) is 34.8 Å². The zero-order chi connectivity index (χ0) is 31.6. The average Bonchev–Trinajstić information content (AvgIpc) is 3.44. The van der Waals surface area contributed by atoms with Crippen molar-refractivity contribution in [3.63, 3.8) is 0 Å². The van der Waals surface area contributed by atoms with Gasteiger partial charge in [0, 0.05) is 18.3 Å². The van der Waals surface area contributed by atoms with Gasteiger partial charge in [-0.05, 0) is 37.6 Å². The second-order valence-electron chi connectivity index (χ2n) is 8.53. The van der Waals surface area contributed by atoms with E-state index in [0.717, 1.165) is 28.1 Å². The maximum atomic E-state index is 12.9. The molecule has 4 aromatic rings.